The summed E-state index contributed by atoms with van der Waals surface area (Å²) in [7, 11) is 0. The summed E-state index contributed by atoms with van der Waals surface area (Å²) in [6.07, 6.45) is 1.80. The summed E-state index contributed by atoms with van der Waals surface area (Å²) < 4.78 is 0. The molecule has 0 saturated carbocycles. The molecule has 0 aromatic heterocycles. The summed E-state index contributed by atoms with van der Waals surface area (Å²) in [5.74, 6) is 0.798. The molecular weight excluding hydrogens is 172 g/mol. The summed E-state index contributed by atoms with van der Waals surface area (Å²) in [5, 5.41) is 0.737. The Morgan fingerprint density at radius 3 is 2.50 bits per heavy atom. The Bertz CT molecular complexity index is 338. The number of hydrogen-bond donors (Lipinski definition) is 0. The van der Waals surface area contributed by atoms with E-state index in [1.54, 1.807) is 6.21 Å². The Balaban J connectivity index is 2.35. The molecule has 3 heteroatoms. The molecule has 1 aliphatic rings. The van der Waals surface area contributed by atoms with Crippen LogP contribution in [0.15, 0.2) is 34.3 Å². The molecule has 2 rings (SSSR count). The van der Waals surface area contributed by atoms with E-state index in [2.05, 4.69) is 9.98 Å². The van der Waals surface area contributed by atoms with Crippen molar-refractivity contribution in [3.05, 3.63) is 34.9 Å². The van der Waals surface area contributed by atoms with Gasteiger partial charge in [-0.05, 0) is 24.3 Å². The summed E-state index contributed by atoms with van der Waals surface area (Å²) >= 11 is 5.74. The Morgan fingerprint density at radius 1 is 1.17 bits per heavy atom. The third-order valence-electron chi connectivity index (χ3n) is 1.64. The van der Waals surface area contributed by atoms with Crippen LogP contribution in [0.4, 0.5) is 0 Å². The predicted molar refractivity (Wildman–Crippen MR) is 51.3 cm³/mol. The number of halogens is 1. The zero-order valence-electron chi connectivity index (χ0n) is 6.37. The van der Waals surface area contributed by atoms with Crippen molar-refractivity contribution in [1.82, 2.24) is 0 Å². The van der Waals surface area contributed by atoms with E-state index in [4.69, 9.17) is 11.6 Å². The zero-order valence-corrected chi connectivity index (χ0v) is 7.12. The first kappa shape index (κ1) is 7.50. The lowest BCUT2D eigenvalue weighted by Gasteiger charge is -1.96. The molecule has 0 amide bonds. The van der Waals surface area contributed by atoms with Crippen LogP contribution in [0.2, 0.25) is 5.02 Å². The monoisotopic (exact) mass is 178 g/mol. The molecule has 0 atom stereocenters. The molecular formula is C9H7ClN2. The normalized spacial score (nSPS) is 14.9. The lowest BCUT2D eigenvalue weighted by molar-refractivity contribution is 1.35. The highest BCUT2D eigenvalue weighted by molar-refractivity contribution is 6.30. The zero-order chi connectivity index (χ0) is 8.39. The van der Waals surface area contributed by atoms with Crippen LogP contribution < -0.4 is 0 Å². The highest BCUT2D eigenvalue weighted by Gasteiger charge is 2.03. The number of amidine groups is 1. The Kier molecular flexibility index (Phi) is 1.92. The molecule has 0 bridgehead atoms. The van der Waals surface area contributed by atoms with Crippen molar-refractivity contribution < 1.29 is 0 Å². The van der Waals surface area contributed by atoms with Gasteiger partial charge in [-0.1, -0.05) is 11.6 Å². The van der Waals surface area contributed by atoms with E-state index in [1.807, 2.05) is 24.3 Å². The maximum Gasteiger partial charge on any atom is 0.154 e. The van der Waals surface area contributed by atoms with Crippen molar-refractivity contribution in [2.45, 2.75) is 0 Å². The average Bonchev–Trinajstić information content (AvgIpc) is 2.58. The topological polar surface area (TPSA) is 24.7 Å². The maximum atomic E-state index is 5.74. The molecule has 0 saturated heterocycles. The fraction of sp³-hybridized carbons (Fsp3) is 0.111. The van der Waals surface area contributed by atoms with Crippen LogP contribution in [0, 0.1) is 0 Å². The van der Waals surface area contributed by atoms with Gasteiger partial charge in [-0.3, -0.25) is 4.99 Å². The summed E-state index contributed by atoms with van der Waals surface area (Å²) in [4.78, 5) is 8.30. The fourth-order valence-electron chi connectivity index (χ4n) is 1.06. The summed E-state index contributed by atoms with van der Waals surface area (Å²) in [5.41, 5.74) is 1.02. The average molecular weight is 179 g/mol. The Labute approximate surface area is 75.6 Å². The van der Waals surface area contributed by atoms with Gasteiger partial charge in [0.2, 0.25) is 0 Å². The van der Waals surface area contributed by atoms with Crippen LogP contribution in [0.1, 0.15) is 5.56 Å². The van der Waals surface area contributed by atoms with Gasteiger partial charge in [0.15, 0.2) is 5.84 Å². The lowest BCUT2D eigenvalue weighted by Crippen LogP contribution is -1.92. The first-order chi connectivity index (χ1) is 5.86. The van der Waals surface area contributed by atoms with Gasteiger partial charge in [0.1, 0.15) is 0 Å². The van der Waals surface area contributed by atoms with E-state index in [9.17, 15) is 0 Å². The third kappa shape index (κ3) is 1.38. The van der Waals surface area contributed by atoms with Gasteiger partial charge in [-0.15, -0.1) is 0 Å². The quantitative estimate of drug-likeness (QED) is 0.630. The molecule has 0 spiro atoms. The van der Waals surface area contributed by atoms with Crippen LogP contribution in [0.25, 0.3) is 0 Å². The second kappa shape index (κ2) is 3.07. The maximum absolute atomic E-state index is 5.74. The molecule has 0 N–H and O–H groups in total. The van der Waals surface area contributed by atoms with Gasteiger partial charge in [0.05, 0.1) is 6.54 Å². The molecule has 0 aliphatic carbocycles. The molecule has 60 valence electrons. The molecule has 0 unspecified atom stereocenters. The van der Waals surface area contributed by atoms with Crippen LogP contribution in [0.3, 0.4) is 0 Å². The predicted octanol–water partition coefficient (Wildman–Crippen LogP) is 2.17. The van der Waals surface area contributed by atoms with Crippen molar-refractivity contribution in [3.63, 3.8) is 0 Å². The van der Waals surface area contributed by atoms with E-state index < -0.39 is 0 Å². The molecule has 2 nitrogen and oxygen atoms in total. The fourth-order valence-corrected chi connectivity index (χ4v) is 1.19. The molecule has 1 aromatic rings. The molecule has 0 fully saturated rings. The van der Waals surface area contributed by atoms with E-state index in [0.717, 1.165) is 16.4 Å². The van der Waals surface area contributed by atoms with E-state index >= 15 is 0 Å². The van der Waals surface area contributed by atoms with Crippen molar-refractivity contribution in [2.24, 2.45) is 9.98 Å². The minimum absolute atomic E-state index is 0.692. The van der Waals surface area contributed by atoms with E-state index in [-0.39, 0.29) is 0 Å². The van der Waals surface area contributed by atoms with Gasteiger partial charge < -0.3 is 0 Å². The number of hydrogen-bond acceptors (Lipinski definition) is 2. The minimum atomic E-state index is 0.692. The largest absolute Gasteiger partial charge is 0.260 e. The van der Waals surface area contributed by atoms with Gasteiger partial charge in [-0.25, -0.2) is 4.99 Å². The van der Waals surface area contributed by atoms with Crippen molar-refractivity contribution in [3.8, 4) is 0 Å². The van der Waals surface area contributed by atoms with Crippen LogP contribution in [-0.4, -0.2) is 18.6 Å². The standard InChI is InChI=1S/C9H7ClN2/c10-8-3-1-7(2-4-8)9-11-5-6-12-9/h1-5H,6H2. The smallest absolute Gasteiger partial charge is 0.154 e. The summed E-state index contributed by atoms with van der Waals surface area (Å²) in [6.45, 7) is 0.692. The van der Waals surface area contributed by atoms with Crippen molar-refractivity contribution in [1.29, 1.82) is 0 Å². The highest BCUT2D eigenvalue weighted by Crippen LogP contribution is 2.11. The first-order valence-electron chi connectivity index (χ1n) is 3.69. The van der Waals surface area contributed by atoms with Crippen LogP contribution in [-0.2, 0) is 0 Å². The SMILES string of the molecule is Clc1ccc(C2=NCC=N2)cc1. The van der Waals surface area contributed by atoms with Crippen LogP contribution >= 0.6 is 11.6 Å². The lowest BCUT2D eigenvalue weighted by atomic mass is 10.2. The Hall–Kier alpha value is -1.15. The Morgan fingerprint density at radius 2 is 1.92 bits per heavy atom. The molecule has 0 radical (unpaired) electrons. The second-order valence-electron chi connectivity index (χ2n) is 2.48. The molecule has 1 heterocycles. The van der Waals surface area contributed by atoms with Crippen molar-refractivity contribution in [2.75, 3.05) is 6.54 Å². The summed E-state index contributed by atoms with van der Waals surface area (Å²) in [6, 6.07) is 7.52. The molecule has 12 heavy (non-hydrogen) atoms. The number of nitrogens with zero attached hydrogens (tertiary/aromatic N) is 2. The van der Waals surface area contributed by atoms with Crippen molar-refractivity contribution >= 4 is 23.7 Å². The van der Waals surface area contributed by atoms with Gasteiger partial charge in [0.25, 0.3) is 0 Å². The minimum Gasteiger partial charge on any atom is -0.260 e. The third-order valence-corrected chi connectivity index (χ3v) is 1.89. The number of rotatable bonds is 1. The van der Waals surface area contributed by atoms with E-state index in [1.165, 1.54) is 0 Å². The van der Waals surface area contributed by atoms with Gasteiger partial charge in [0, 0.05) is 16.8 Å². The van der Waals surface area contributed by atoms with Gasteiger partial charge >= 0.3 is 0 Å². The van der Waals surface area contributed by atoms with E-state index in [0.29, 0.717) is 6.54 Å². The van der Waals surface area contributed by atoms with Gasteiger partial charge in [-0.2, -0.15) is 0 Å². The number of aliphatic imine (C=N–C) groups is 2. The second-order valence-corrected chi connectivity index (χ2v) is 2.92. The molecule has 1 aliphatic heterocycles. The highest BCUT2D eigenvalue weighted by atomic mass is 35.5. The molecule has 1 aromatic carbocycles. The first-order valence-corrected chi connectivity index (χ1v) is 4.07. The van der Waals surface area contributed by atoms with Crippen LogP contribution in [0.5, 0.6) is 0 Å². The number of benzene rings is 1.